The van der Waals surface area contributed by atoms with E-state index in [4.69, 9.17) is 27.9 Å². The van der Waals surface area contributed by atoms with Crippen LogP contribution in [0.4, 0.5) is 8.78 Å². The van der Waals surface area contributed by atoms with Gasteiger partial charge >= 0.3 is 0 Å². The SMILES string of the molecule is Fc1ccc(COc2cc(C#CCCl)ccc2F)cc1Cl. The Hall–Kier alpha value is -1.76. The van der Waals surface area contributed by atoms with E-state index in [1.807, 2.05) is 0 Å². The summed E-state index contributed by atoms with van der Waals surface area (Å²) in [6, 6.07) is 8.49. The minimum atomic E-state index is -0.509. The fraction of sp³-hybridized carbons (Fsp3) is 0.125. The molecule has 21 heavy (non-hydrogen) atoms. The summed E-state index contributed by atoms with van der Waals surface area (Å²) in [4.78, 5) is 0. The quantitative estimate of drug-likeness (QED) is 0.582. The lowest BCUT2D eigenvalue weighted by Crippen LogP contribution is -1.98. The molecule has 5 heteroatoms. The second-order valence-corrected chi connectivity index (χ2v) is 4.79. The lowest BCUT2D eigenvalue weighted by Gasteiger charge is -2.08. The molecular formula is C16H10Cl2F2O. The number of alkyl halides is 1. The Labute approximate surface area is 131 Å². The van der Waals surface area contributed by atoms with Crippen molar-refractivity contribution in [2.24, 2.45) is 0 Å². The summed E-state index contributed by atoms with van der Waals surface area (Å²) in [5.41, 5.74) is 1.24. The molecule has 0 aliphatic heterocycles. The number of ether oxygens (including phenoxy) is 1. The van der Waals surface area contributed by atoms with Crippen molar-refractivity contribution in [1.82, 2.24) is 0 Å². The summed E-state index contributed by atoms with van der Waals surface area (Å²) in [7, 11) is 0. The maximum atomic E-state index is 13.7. The Morgan fingerprint density at radius 2 is 1.81 bits per heavy atom. The minimum Gasteiger partial charge on any atom is -0.486 e. The van der Waals surface area contributed by atoms with Gasteiger partial charge in [0.2, 0.25) is 0 Å². The van der Waals surface area contributed by atoms with Crippen molar-refractivity contribution in [2.75, 3.05) is 5.88 Å². The maximum Gasteiger partial charge on any atom is 0.165 e. The Bertz CT molecular complexity index is 705. The zero-order valence-electron chi connectivity index (χ0n) is 10.8. The average molecular weight is 327 g/mol. The molecule has 0 radical (unpaired) electrons. The van der Waals surface area contributed by atoms with Gasteiger partial charge in [-0.05, 0) is 35.9 Å². The molecule has 0 fully saturated rings. The van der Waals surface area contributed by atoms with Crippen LogP contribution >= 0.6 is 23.2 Å². The van der Waals surface area contributed by atoms with E-state index in [9.17, 15) is 8.78 Å². The molecule has 0 amide bonds. The van der Waals surface area contributed by atoms with Crippen LogP contribution in [0.2, 0.25) is 5.02 Å². The van der Waals surface area contributed by atoms with Crippen LogP contribution in [-0.4, -0.2) is 5.88 Å². The minimum absolute atomic E-state index is 0.00157. The molecule has 0 spiro atoms. The van der Waals surface area contributed by atoms with Crippen LogP contribution in [0.5, 0.6) is 5.75 Å². The van der Waals surface area contributed by atoms with Gasteiger partial charge in [-0.25, -0.2) is 8.78 Å². The molecule has 0 aliphatic rings. The molecule has 0 aliphatic carbocycles. The van der Waals surface area contributed by atoms with Crippen LogP contribution in [0.15, 0.2) is 36.4 Å². The summed E-state index contributed by atoms with van der Waals surface area (Å²) < 4.78 is 32.1. The zero-order valence-corrected chi connectivity index (χ0v) is 12.3. The standard InChI is InChI=1S/C16H10Cl2F2O/c17-7-1-2-11-3-6-15(20)16(9-11)21-10-12-4-5-14(19)13(18)8-12/h3-6,8-9H,7,10H2. The smallest absolute Gasteiger partial charge is 0.165 e. The van der Waals surface area contributed by atoms with Crippen molar-refractivity contribution in [3.05, 3.63) is 64.2 Å². The van der Waals surface area contributed by atoms with Crippen molar-refractivity contribution in [2.45, 2.75) is 6.61 Å². The van der Waals surface area contributed by atoms with Gasteiger partial charge in [0.15, 0.2) is 11.6 Å². The number of hydrogen-bond donors (Lipinski definition) is 0. The second kappa shape index (κ2) is 7.31. The molecule has 108 valence electrons. The average Bonchev–Trinajstić information content (AvgIpc) is 2.48. The normalized spacial score (nSPS) is 9.90. The molecule has 0 bridgehead atoms. The van der Waals surface area contributed by atoms with Gasteiger partial charge in [-0.15, -0.1) is 11.6 Å². The highest BCUT2D eigenvalue weighted by atomic mass is 35.5. The highest BCUT2D eigenvalue weighted by Crippen LogP contribution is 2.21. The number of benzene rings is 2. The van der Waals surface area contributed by atoms with Crippen molar-refractivity contribution >= 4 is 23.2 Å². The van der Waals surface area contributed by atoms with Gasteiger partial charge in [0.05, 0.1) is 10.9 Å². The molecule has 0 aromatic heterocycles. The maximum absolute atomic E-state index is 13.7. The molecule has 1 nitrogen and oxygen atoms in total. The third-order valence-corrected chi connectivity index (χ3v) is 3.03. The highest BCUT2D eigenvalue weighted by Gasteiger charge is 2.06. The first-order valence-corrected chi connectivity index (χ1v) is 6.92. The van der Waals surface area contributed by atoms with Gasteiger partial charge in [0.1, 0.15) is 12.4 Å². The molecular weight excluding hydrogens is 317 g/mol. The zero-order chi connectivity index (χ0) is 15.2. The molecule has 0 saturated heterocycles. The van der Waals surface area contributed by atoms with Crippen LogP contribution in [-0.2, 0) is 6.61 Å². The third kappa shape index (κ3) is 4.35. The number of rotatable bonds is 3. The lowest BCUT2D eigenvalue weighted by atomic mass is 10.2. The lowest BCUT2D eigenvalue weighted by molar-refractivity contribution is 0.290. The van der Waals surface area contributed by atoms with Gasteiger partial charge in [-0.3, -0.25) is 0 Å². The summed E-state index contributed by atoms with van der Waals surface area (Å²) in [6.07, 6.45) is 0. The summed E-state index contributed by atoms with van der Waals surface area (Å²) in [5.74, 6) is 4.71. The molecule has 0 N–H and O–H groups in total. The summed E-state index contributed by atoms with van der Waals surface area (Å²) >= 11 is 11.1. The fourth-order valence-electron chi connectivity index (χ4n) is 1.62. The van der Waals surface area contributed by atoms with Gasteiger partial charge in [0.25, 0.3) is 0 Å². The van der Waals surface area contributed by atoms with Crippen molar-refractivity contribution in [3.8, 4) is 17.6 Å². The van der Waals surface area contributed by atoms with Gasteiger partial charge < -0.3 is 4.74 Å². The van der Waals surface area contributed by atoms with Crippen LogP contribution < -0.4 is 4.74 Å². The van der Waals surface area contributed by atoms with Gasteiger partial charge in [-0.1, -0.05) is 29.5 Å². The second-order valence-electron chi connectivity index (χ2n) is 4.12. The van der Waals surface area contributed by atoms with Crippen LogP contribution in [0, 0.1) is 23.5 Å². The highest BCUT2D eigenvalue weighted by molar-refractivity contribution is 6.30. The predicted octanol–water partition coefficient (Wildman–Crippen LogP) is 4.79. The van der Waals surface area contributed by atoms with Gasteiger partial charge in [-0.2, -0.15) is 0 Å². The number of hydrogen-bond acceptors (Lipinski definition) is 1. The van der Waals surface area contributed by atoms with E-state index >= 15 is 0 Å². The molecule has 0 heterocycles. The van der Waals surface area contributed by atoms with E-state index in [1.54, 1.807) is 0 Å². The summed E-state index contributed by atoms with van der Waals surface area (Å²) in [5, 5.41) is -0.00157. The van der Waals surface area contributed by atoms with Gasteiger partial charge in [0, 0.05) is 5.56 Å². The monoisotopic (exact) mass is 326 g/mol. The van der Waals surface area contributed by atoms with E-state index in [0.29, 0.717) is 11.1 Å². The summed E-state index contributed by atoms with van der Waals surface area (Å²) in [6.45, 7) is 0.0727. The van der Waals surface area contributed by atoms with E-state index in [1.165, 1.54) is 36.4 Å². The van der Waals surface area contributed by atoms with Crippen molar-refractivity contribution in [1.29, 1.82) is 0 Å². The first-order chi connectivity index (χ1) is 10.1. The molecule has 0 atom stereocenters. The Kier molecular flexibility index (Phi) is 5.44. The van der Waals surface area contributed by atoms with Crippen molar-refractivity contribution in [3.63, 3.8) is 0 Å². The molecule has 0 unspecified atom stereocenters. The Morgan fingerprint density at radius 1 is 1.05 bits per heavy atom. The third-order valence-electron chi connectivity index (χ3n) is 2.61. The number of halogens is 4. The van der Waals surface area contributed by atoms with Crippen LogP contribution in [0.1, 0.15) is 11.1 Å². The van der Waals surface area contributed by atoms with E-state index in [2.05, 4.69) is 11.8 Å². The van der Waals surface area contributed by atoms with Crippen LogP contribution in [0.3, 0.4) is 0 Å². The largest absolute Gasteiger partial charge is 0.486 e. The fourth-order valence-corrected chi connectivity index (χ4v) is 1.89. The molecule has 0 saturated carbocycles. The van der Waals surface area contributed by atoms with E-state index in [0.717, 1.165) is 0 Å². The molecule has 2 aromatic rings. The van der Waals surface area contributed by atoms with E-state index in [-0.39, 0.29) is 23.3 Å². The predicted molar refractivity (Wildman–Crippen MR) is 79.7 cm³/mol. The van der Waals surface area contributed by atoms with Crippen molar-refractivity contribution < 1.29 is 13.5 Å². The first kappa shape index (κ1) is 15.6. The Balaban J connectivity index is 2.13. The first-order valence-electron chi connectivity index (χ1n) is 6.01. The Morgan fingerprint density at radius 3 is 2.52 bits per heavy atom. The van der Waals surface area contributed by atoms with Crippen LogP contribution in [0.25, 0.3) is 0 Å². The van der Waals surface area contributed by atoms with E-state index < -0.39 is 11.6 Å². The topological polar surface area (TPSA) is 9.23 Å². The molecule has 2 aromatic carbocycles. The molecule has 2 rings (SSSR count).